The van der Waals surface area contributed by atoms with Gasteiger partial charge in [-0.2, -0.15) is 0 Å². The van der Waals surface area contributed by atoms with Crippen molar-refractivity contribution < 1.29 is 28.5 Å². The van der Waals surface area contributed by atoms with Crippen LogP contribution in [0.25, 0.3) is 0 Å². The molecule has 0 bridgehead atoms. The van der Waals surface area contributed by atoms with Crippen molar-refractivity contribution in [1.29, 1.82) is 0 Å². The summed E-state index contributed by atoms with van der Waals surface area (Å²) in [7, 11) is 1.66. The second kappa shape index (κ2) is 14.5. The summed E-state index contributed by atoms with van der Waals surface area (Å²) < 4.78 is 20.3. The zero-order chi connectivity index (χ0) is 24.7. The summed E-state index contributed by atoms with van der Waals surface area (Å²) in [6.07, 6.45) is 3.16. The number of carbonyl (C=O) groups is 2. The van der Waals surface area contributed by atoms with Crippen LogP contribution in [0.4, 0.5) is 0 Å². The van der Waals surface area contributed by atoms with Crippen LogP contribution in [0.15, 0.2) is 73.8 Å². The van der Waals surface area contributed by atoms with Crippen molar-refractivity contribution in [1.82, 2.24) is 0 Å². The predicted molar refractivity (Wildman–Crippen MR) is 130 cm³/mol. The molecule has 0 radical (unpaired) electrons. The maximum atomic E-state index is 10.9. The van der Waals surface area contributed by atoms with Crippen LogP contribution in [-0.4, -0.2) is 38.9 Å². The smallest absolute Gasteiger partial charge is 0.330 e. The van der Waals surface area contributed by atoms with E-state index in [4.69, 9.17) is 14.2 Å². The Morgan fingerprint density at radius 1 is 0.788 bits per heavy atom. The van der Waals surface area contributed by atoms with Gasteiger partial charge in [0.1, 0.15) is 24.7 Å². The highest BCUT2D eigenvalue weighted by Gasteiger charge is 2.23. The zero-order valence-electron chi connectivity index (χ0n) is 20.0. The van der Waals surface area contributed by atoms with Gasteiger partial charge >= 0.3 is 11.9 Å². The highest BCUT2D eigenvalue weighted by atomic mass is 16.6. The van der Waals surface area contributed by atoms with Crippen LogP contribution in [0.1, 0.15) is 38.3 Å². The molecule has 2 aromatic rings. The van der Waals surface area contributed by atoms with Crippen molar-refractivity contribution in [2.45, 2.75) is 32.6 Å². The minimum atomic E-state index is -0.444. The van der Waals surface area contributed by atoms with Crippen molar-refractivity contribution in [3.05, 3.63) is 85.0 Å². The molecule has 178 valence electrons. The topological polar surface area (TPSA) is 71.1 Å². The molecule has 0 aliphatic heterocycles. The van der Waals surface area contributed by atoms with E-state index in [2.05, 4.69) is 56.0 Å². The number of esters is 2. The lowest BCUT2D eigenvalue weighted by Crippen LogP contribution is -2.18. The van der Waals surface area contributed by atoms with Gasteiger partial charge in [0.15, 0.2) is 0 Å². The second-order valence-electron chi connectivity index (χ2n) is 7.47. The molecule has 6 nitrogen and oxygen atoms in total. The Morgan fingerprint density at radius 2 is 1.24 bits per heavy atom. The fourth-order valence-corrected chi connectivity index (χ4v) is 2.76. The van der Waals surface area contributed by atoms with Crippen LogP contribution in [0.2, 0.25) is 0 Å². The summed E-state index contributed by atoms with van der Waals surface area (Å²) in [5.74, 6) is 0.802. The summed E-state index contributed by atoms with van der Waals surface area (Å²) in [4.78, 5) is 21.2. The minimum Gasteiger partial charge on any atom is -0.497 e. The minimum absolute atomic E-state index is 0.135. The molecule has 0 saturated heterocycles. The molecule has 0 unspecified atom stereocenters. The Balaban J connectivity index is 0.000000582. The Bertz CT molecular complexity index is 882. The van der Waals surface area contributed by atoms with Gasteiger partial charge < -0.3 is 18.9 Å². The molecule has 0 saturated carbocycles. The molecule has 2 aromatic carbocycles. The van der Waals surface area contributed by atoms with E-state index >= 15 is 0 Å². The lowest BCUT2D eigenvalue weighted by atomic mass is 9.78. The lowest BCUT2D eigenvalue weighted by Gasteiger charge is -2.26. The second-order valence-corrected chi connectivity index (χ2v) is 7.47. The fraction of sp³-hybridized carbons (Fsp3) is 0.333. The van der Waals surface area contributed by atoms with Crippen LogP contribution < -0.4 is 9.47 Å². The standard InChI is InChI=1S/C21H24O4.C6H10O2/c1-5-20(22)25-15-14-24-19-12-8-17(9-13-19)21(2,3)16-6-10-18(23-4)11-7-16;1-3-5-8-6(7)4-2/h5-13H,1,14-15H2,2-4H3;4H,2-3,5H2,1H3. The molecule has 0 spiro atoms. The van der Waals surface area contributed by atoms with Gasteiger partial charge in [-0.05, 0) is 41.8 Å². The number of hydrogen-bond acceptors (Lipinski definition) is 6. The molecule has 0 aliphatic carbocycles. The summed E-state index contributed by atoms with van der Waals surface area (Å²) in [5.41, 5.74) is 2.26. The quantitative estimate of drug-likeness (QED) is 0.262. The van der Waals surface area contributed by atoms with E-state index in [0.717, 1.165) is 30.1 Å². The number of methoxy groups -OCH3 is 1. The molecule has 33 heavy (non-hydrogen) atoms. The van der Waals surface area contributed by atoms with E-state index in [-0.39, 0.29) is 18.0 Å². The number of ether oxygens (including phenoxy) is 4. The number of hydrogen-bond donors (Lipinski definition) is 0. The predicted octanol–water partition coefficient (Wildman–Crippen LogP) is 5.25. The molecular formula is C27H34O6. The van der Waals surface area contributed by atoms with Gasteiger partial charge in [0.05, 0.1) is 13.7 Å². The maximum Gasteiger partial charge on any atom is 0.330 e. The first kappa shape index (κ1) is 27.5. The van der Waals surface area contributed by atoms with E-state index in [1.54, 1.807) is 7.11 Å². The average molecular weight is 455 g/mol. The Hall–Kier alpha value is -3.54. The first-order valence-electron chi connectivity index (χ1n) is 10.7. The van der Waals surface area contributed by atoms with Gasteiger partial charge in [-0.3, -0.25) is 0 Å². The van der Waals surface area contributed by atoms with Gasteiger partial charge in [-0.1, -0.05) is 58.2 Å². The van der Waals surface area contributed by atoms with Crippen LogP contribution >= 0.6 is 0 Å². The third kappa shape index (κ3) is 9.64. The molecule has 6 heteroatoms. The van der Waals surface area contributed by atoms with Gasteiger partial charge in [0.2, 0.25) is 0 Å². The SMILES string of the molecule is C=CC(=O)OCCC.C=CC(=O)OCCOc1ccc(C(C)(C)c2ccc(OC)cc2)cc1. The first-order chi connectivity index (χ1) is 15.8. The summed E-state index contributed by atoms with van der Waals surface area (Å²) in [6, 6.07) is 16.1. The third-order valence-electron chi connectivity index (χ3n) is 4.77. The number of rotatable bonds is 11. The molecule has 0 amide bonds. The van der Waals surface area contributed by atoms with E-state index in [0.29, 0.717) is 13.2 Å². The summed E-state index contributed by atoms with van der Waals surface area (Å²) >= 11 is 0. The van der Waals surface area contributed by atoms with Crippen LogP contribution in [0, 0.1) is 0 Å². The van der Waals surface area contributed by atoms with Gasteiger partial charge in [-0.25, -0.2) is 9.59 Å². The normalized spacial score (nSPS) is 10.2. The lowest BCUT2D eigenvalue weighted by molar-refractivity contribution is -0.139. The third-order valence-corrected chi connectivity index (χ3v) is 4.77. The fourth-order valence-electron chi connectivity index (χ4n) is 2.76. The van der Waals surface area contributed by atoms with Crippen LogP contribution in [0.3, 0.4) is 0 Å². The first-order valence-corrected chi connectivity index (χ1v) is 10.7. The number of carbonyl (C=O) groups excluding carboxylic acids is 2. The van der Waals surface area contributed by atoms with Crippen molar-refractivity contribution in [3.8, 4) is 11.5 Å². The zero-order valence-corrected chi connectivity index (χ0v) is 20.0. The summed E-state index contributed by atoms with van der Waals surface area (Å²) in [6.45, 7) is 13.9. The van der Waals surface area contributed by atoms with E-state index < -0.39 is 5.97 Å². The van der Waals surface area contributed by atoms with E-state index in [1.165, 1.54) is 11.1 Å². The van der Waals surface area contributed by atoms with Crippen LogP contribution in [0.5, 0.6) is 11.5 Å². The molecule has 0 atom stereocenters. The molecule has 0 heterocycles. The van der Waals surface area contributed by atoms with Crippen molar-refractivity contribution in [2.24, 2.45) is 0 Å². The Morgan fingerprint density at radius 3 is 1.67 bits per heavy atom. The molecule has 0 fully saturated rings. The monoisotopic (exact) mass is 454 g/mol. The molecule has 0 aromatic heterocycles. The Labute approximate surface area is 196 Å². The highest BCUT2D eigenvalue weighted by molar-refractivity contribution is 5.81. The largest absolute Gasteiger partial charge is 0.497 e. The van der Waals surface area contributed by atoms with Crippen molar-refractivity contribution >= 4 is 11.9 Å². The van der Waals surface area contributed by atoms with E-state index in [1.807, 2.05) is 31.2 Å². The number of benzene rings is 2. The average Bonchev–Trinajstić information content (AvgIpc) is 2.85. The summed E-state index contributed by atoms with van der Waals surface area (Å²) in [5, 5.41) is 0. The van der Waals surface area contributed by atoms with Crippen molar-refractivity contribution in [3.63, 3.8) is 0 Å². The Kier molecular flexibility index (Phi) is 12.1. The molecule has 0 aliphatic rings. The molecule has 2 rings (SSSR count). The molecule has 0 N–H and O–H groups in total. The van der Waals surface area contributed by atoms with Gasteiger partial charge in [-0.15, -0.1) is 0 Å². The molecular weight excluding hydrogens is 420 g/mol. The highest BCUT2D eigenvalue weighted by Crippen LogP contribution is 2.33. The van der Waals surface area contributed by atoms with Crippen LogP contribution in [-0.2, 0) is 24.5 Å². The van der Waals surface area contributed by atoms with Gasteiger partial charge in [0.25, 0.3) is 0 Å². The van der Waals surface area contributed by atoms with Crippen molar-refractivity contribution in [2.75, 3.05) is 26.9 Å². The van der Waals surface area contributed by atoms with Gasteiger partial charge in [0, 0.05) is 17.6 Å². The van der Waals surface area contributed by atoms with E-state index in [9.17, 15) is 9.59 Å². The maximum absolute atomic E-state index is 10.9.